The molecule has 0 bridgehead atoms. The van der Waals surface area contributed by atoms with E-state index in [-0.39, 0.29) is 16.0 Å². The SMILES string of the molecule is [2H]C1([2H])C([2H])([2H])[C@]([2H])(C([2H])([2H])C(=O)c2ccccc2)N(C)[C@]([2H])(C([2H])([2H])C(O)c2ccccc2)C1([2H])[2H]. The van der Waals surface area contributed by atoms with Crippen LogP contribution in [0.3, 0.4) is 0 Å². The van der Waals surface area contributed by atoms with Gasteiger partial charge in [0.05, 0.1) is 6.10 Å². The summed E-state index contributed by atoms with van der Waals surface area (Å²) in [6.45, 7) is 0. The van der Waals surface area contributed by atoms with E-state index in [1.54, 1.807) is 6.07 Å². The number of ketones is 1. The summed E-state index contributed by atoms with van der Waals surface area (Å²) in [6, 6.07) is 6.38. The molecule has 1 aliphatic rings. The molecule has 1 aliphatic heterocycles. The molecule has 1 heterocycles. The minimum Gasteiger partial charge on any atom is -0.388 e. The molecule has 2 aromatic rings. The van der Waals surface area contributed by atoms with Crippen LogP contribution in [-0.4, -0.2) is 34.9 Å². The van der Waals surface area contributed by atoms with Crippen LogP contribution in [0.5, 0.6) is 0 Å². The summed E-state index contributed by atoms with van der Waals surface area (Å²) in [5, 5.41) is 10.9. The predicted molar refractivity (Wildman–Crippen MR) is 101 cm³/mol. The molecule has 0 spiro atoms. The summed E-state index contributed by atoms with van der Waals surface area (Å²) >= 11 is 0. The molecule has 1 unspecified atom stereocenters. The van der Waals surface area contributed by atoms with Crippen molar-refractivity contribution in [1.29, 1.82) is 0 Å². The van der Waals surface area contributed by atoms with Crippen LogP contribution in [0.4, 0.5) is 0 Å². The van der Waals surface area contributed by atoms with Crippen molar-refractivity contribution in [1.82, 2.24) is 4.90 Å². The smallest absolute Gasteiger partial charge is 0.164 e. The molecule has 3 heteroatoms. The molecule has 1 saturated heterocycles. The molecule has 0 aliphatic carbocycles. The molecule has 132 valence electrons. The summed E-state index contributed by atoms with van der Waals surface area (Å²) in [5.74, 6) is -1.44. The number of hydrogen-bond donors (Lipinski definition) is 1. The molecule has 3 rings (SSSR count). The van der Waals surface area contributed by atoms with Gasteiger partial charge in [-0.05, 0) is 31.7 Å². The highest BCUT2D eigenvalue weighted by Crippen LogP contribution is 2.30. The van der Waals surface area contributed by atoms with Crippen molar-refractivity contribution in [3.63, 3.8) is 0 Å². The molecular weight excluding hydrogens is 310 g/mol. The highest BCUT2D eigenvalue weighted by atomic mass is 16.3. The first-order chi connectivity index (χ1) is 16.7. The van der Waals surface area contributed by atoms with E-state index in [9.17, 15) is 9.90 Å². The second-order valence-corrected chi connectivity index (χ2v) is 5.41. The van der Waals surface area contributed by atoms with Crippen LogP contribution >= 0.6 is 0 Å². The fourth-order valence-electron chi connectivity index (χ4n) is 2.29. The van der Waals surface area contributed by atoms with Gasteiger partial charge in [0.15, 0.2) is 5.78 Å². The predicted octanol–water partition coefficient (Wildman–Crippen LogP) is 4.24. The zero-order chi connectivity index (χ0) is 28.5. The molecule has 1 N–H and O–H groups in total. The highest BCUT2D eigenvalue weighted by molar-refractivity contribution is 5.96. The Morgan fingerprint density at radius 2 is 1.80 bits per heavy atom. The zero-order valence-electron chi connectivity index (χ0n) is 25.7. The minimum absolute atomic E-state index is 0.0777. The highest BCUT2D eigenvalue weighted by Gasteiger charge is 2.30. The van der Waals surface area contributed by atoms with Gasteiger partial charge in [0.2, 0.25) is 0 Å². The minimum atomic E-state index is -3.90. The molecule has 2 aromatic carbocycles. The Hall–Kier alpha value is -1.97. The van der Waals surface area contributed by atoms with Crippen molar-refractivity contribution in [2.45, 2.75) is 50.0 Å². The summed E-state index contributed by atoms with van der Waals surface area (Å²) in [6.07, 6.45) is -20.9. The van der Waals surface area contributed by atoms with E-state index in [0.29, 0.717) is 7.05 Å². The number of aliphatic hydroxyl groups excluding tert-OH is 1. The number of rotatable bonds is 6. The monoisotopic (exact) mass is 349 g/mol. The second kappa shape index (κ2) is 8.41. The van der Waals surface area contributed by atoms with E-state index in [2.05, 4.69) is 0 Å². The Morgan fingerprint density at radius 3 is 2.48 bits per heavy atom. The van der Waals surface area contributed by atoms with E-state index in [0.717, 1.165) is 0 Å². The van der Waals surface area contributed by atoms with Crippen molar-refractivity contribution in [3.05, 3.63) is 71.8 Å². The Morgan fingerprint density at radius 1 is 1.20 bits per heavy atom. The molecule has 3 atom stereocenters. The van der Waals surface area contributed by atoms with E-state index in [1.807, 2.05) is 0 Å². The molecule has 0 aromatic heterocycles. The van der Waals surface area contributed by atoms with Crippen molar-refractivity contribution >= 4 is 5.78 Å². The Kier molecular flexibility index (Phi) is 2.74. The maximum absolute atomic E-state index is 13.3. The first-order valence-corrected chi connectivity index (χ1v) is 7.76. The Bertz CT molecular complexity index is 1160. The van der Waals surface area contributed by atoms with Gasteiger partial charge in [0, 0.05) is 40.4 Å². The average Bonchev–Trinajstić information content (AvgIpc) is 2.85. The van der Waals surface area contributed by atoms with Crippen LogP contribution in [0.25, 0.3) is 0 Å². The summed E-state index contributed by atoms with van der Waals surface area (Å²) in [5.41, 5.74) is -0.406. The van der Waals surface area contributed by atoms with E-state index < -0.39 is 55.8 Å². The number of carbonyl (C=O) groups is 1. The quantitative estimate of drug-likeness (QED) is 0.793. The van der Waals surface area contributed by atoms with Crippen LogP contribution < -0.4 is 0 Å². The lowest BCUT2D eigenvalue weighted by Crippen LogP contribution is -2.45. The first-order valence-electron chi connectivity index (χ1n) is 13.8. The maximum atomic E-state index is 13.3. The largest absolute Gasteiger partial charge is 0.388 e. The van der Waals surface area contributed by atoms with Gasteiger partial charge in [-0.2, -0.15) is 0 Å². The van der Waals surface area contributed by atoms with Gasteiger partial charge in [0.1, 0.15) is 0 Å². The third-order valence-electron chi connectivity index (χ3n) is 3.69. The lowest BCUT2D eigenvalue weighted by Gasteiger charge is -2.40. The van der Waals surface area contributed by atoms with Gasteiger partial charge in [-0.25, -0.2) is 0 Å². The topological polar surface area (TPSA) is 40.5 Å². The molecule has 0 saturated carbocycles. The Labute approximate surface area is 167 Å². The number of Topliss-reactive ketones (excluding diaryl/α,β-unsaturated/α-hetero) is 1. The molecule has 25 heavy (non-hydrogen) atoms. The van der Waals surface area contributed by atoms with Crippen molar-refractivity contribution in [3.8, 4) is 0 Å². The van der Waals surface area contributed by atoms with Gasteiger partial charge < -0.3 is 5.11 Å². The van der Waals surface area contributed by atoms with Crippen molar-refractivity contribution in [2.75, 3.05) is 7.05 Å². The number of hydrogen-bond acceptors (Lipinski definition) is 3. The average molecular weight is 350 g/mol. The molecule has 1 fully saturated rings. The van der Waals surface area contributed by atoms with Gasteiger partial charge in [-0.3, -0.25) is 9.69 Å². The number of aliphatic hydroxyl groups is 1. The molecule has 3 nitrogen and oxygen atoms in total. The molecular formula is C22H27NO2. The van der Waals surface area contributed by atoms with E-state index in [1.165, 1.54) is 54.6 Å². The third kappa shape index (κ3) is 4.56. The number of carbonyl (C=O) groups excluding carboxylic acids is 1. The maximum Gasteiger partial charge on any atom is 0.164 e. The van der Waals surface area contributed by atoms with Gasteiger partial charge in [-0.1, -0.05) is 67.0 Å². The second-order valence-electron chi connectivity index (χ2n) is 5.41. The fraction of sp³-hybridized carbons (Fsp3) is 0.409. The Balaban J connectivity index is 2.34. The van der Waals surface area contributed by atoms with Crippen LogP contribution in [-0.2, 0) is 0 Å². The van der Waals surface area contributed by atoms with Gasteiger partial charge >= 0.3 is 0 Å². The van der Waals surface area contributed by atoms with Crippen LogP contribution in [0, 0.1) is 0 Å². The van der Waals surface area contributed by atoms with Crippen molar-refractivity contribution < 1.29 is 26.4 Å². The number of benzene rings is 2. The molecule has 0 radical (unpaired) electrons. The standard InChI is InChI=1S/C22H27NO2/c1-23-19(15-21(24)17-9-4-2-5-10-17)13-8-14-20(23)16-22(25)18-11-6-3-7-12-18/h2-7,9-12,19-21,24H,8,13-16H2,1H3/t19-,20+,21?/m0/s1/i8D2,13D2,14D2,15D2,16D2,19D,20D. The fourth-order valence-corrected chi connectivity index (χ4v) is 2.29. The number of likely N-dealkylation sites (tertiary alicyclic amines) is 1. The lowest BCUT2D eigenvalue weighted by atomic mass is 9.88. The zero-order valence-corrected chi connectivity index (χ0v) is 13.7. The summed E-state index contributed by atoms with van der Waals surface area (Å²) in [7, 11) is 0.691. The van der Waals surface area contributed by atoms with E-state index in [4.69, 9.17) is 16.4 Å². The van der Waals surface area contributed by atoms with E-state index >= 15 is 0 Å². The third-order valence-corrected chi connectivity index (χ3v) is 3.69. The van der Waals surface area contributed by atoms with Gasteiger partial charge in [-0.15, -0.1) is 0 Å². The van der Waals surface area contributed by atoms with Crippen LogP contribution in [0.15, 0.2) is 60.7 Å². The normalized spacial score (nSPS) is 42.6. The van der Waals surface area contributed by atoms with Gasteiger partial charge in [0.25, 0.3) is 0 Å². The van der Waals surface area contributed by atoms with Crippen LogP contribution in [0.2, 0.25) is 0 Å². The van der Waals surface area contributed by atoms with Crippen LogP contribution in [0.1, 0.15) is 70.3 Å². The summed E-state index contributed by atoms with van der Waals surface area (Å²) < 4.78 is 103. The lowest BCUT2D eigenvalue weighted by molar-refractivity contribution is 0.0549. The first kappa shape index (κ1) is 8.15. The number of nitrogens with zero attached hydrogens (tertiary/aromatic N) is 1. The summed E-state index contributed by atoms with van der Waals surface area (Å²) in [4.78, 5) is 13.4. The number of piperidine rings is 1. The van der Waals surface area contributed by atoms with Crippen molar-refractivity contribution in [2.24, 2.45) is 0 Å². The molecule has 0 amide bonds.